The van der Waals surface area contributed by atoms with Gasteiger partial charge in [0.15, 0.2) is 0 Å². The first-order valence-corrected chi connectivity index (χ1v) is 7.19. The molecule has 2 fully saturated rings. The zero-order valence-electron chi connectivity index (χ0n) is 9.63. The van der Waals surface area contributed by atoms with Crippen molar-refractivity contribution in [3.63, 3.8) is 0 Å². The predicted molar refractivity (Wildman–Crippen MR) is 66.6 cm³/mol. The van der Waals surface area contributed by atoms with Crippen molar-refractivity contribution >= 4 is 17.2 Å². The summed E-state index contributed by atoms with van der Waals surface area (Å²) >= 11 is 1.56. The van der Waals surface area contributed by atoms with Gasteiger partial charge < -0.3 is 10.4 Å². The molecule has 0 aromatic carbocycles. The van der Waals surface area contributed by atoms with Crippen LogP contribution in [0.1, 0.15) is 30.9 Å². The Morgan fingerprint density at radius 1 is 1.53 bits per heavy atom. The first-order chi connectivity index (χ1) is 8.27. The van der Waals surface area contributed by atoms with Crippen LogP contribution >= 0.6 is 11.3 Å². The van der Waals surface area contributed by atoms with Gasteiger partial charge in [-0.15, -0.1) is 0 Å². The Labute approximate surface area is 105 Å². The van der Waals surface area contributed by atoms with E-state index in [4.69, 9.17) is 0 Å². The van der Waals surface area contributed by atoms with Gasteiger partial charge in [0.1, 0.15) is 0 Å². The molecule has 3 rings (SSSR count). The van der Waals surface area contributed by atoms with E-state index in [0.29, 0.717) is 18.4 Å². The zero-order chi connectivity index (χ0) is 11.8. The lowest BCUT2D eigenvalue weighted by atomic mass is 10.1. The van der Waals surface area contributed by atoms with Gasteiger partial charge in [-0.05, 0) is 47.1 Å². The van der Waals surface area contributed by atoms with E-state index in [9.17, 15) is 9.90 Å². The monoisotopic (exact) mass is 251 g/mol. The molecule has 17 heavy (non-hydrogen) atoms. The summed E-state index contributed by atoms with van der Waals surface area (Å²) in [5.41, 5.74) is 0.895. The maximum Gasteiger partial charge on any atom is 0.223 e. The van der Waals surface area contributed by atoms with Gasteiger partial charge in [-0.1, -0.05) is 6.42 Å². The number of aliphatic hydroxyl groups excluding tert-OH is 1. The highest BCUT2D eigenvalue weighted by Gasteiger charge is 2.56. The molecule has 0 bridgehead atoms. The molecule has 0 aliphatic heterocycles. The van der Waals surface area contributed by atoms with Crippen LogP contribution in [0.25, 0.3) is 0 Å². The summed E-state index contributed by atoms with van der Waals surface area (Å²) in [6.45, 7) is 0.339. The molecule has 1 amide bonds. The lowest BCUT2D eigenvalue weighted by molar-refractivity contribution is -0.123. The van der Waals surface area contributed by atoms with Gasteiger partial charge in [-0.2, -0.15) is 11.3 Å². The maximum absolute atomic E-state index is 11.9. The zero-order valence-corrected chi connectivity index (χ0v) is 10.5. The van der Waals surface area contributed by atoms with Gasteiger partial charge in [-0.25, -0.2) is 0 Å². The van der Waals surface area contributed by atoms with Crippen molar-refractivity contribution in [1.29, 1.82) is 0 Å². The maximum atomic E-state index is 11.9. The standard InChI is InChI=1S/C13H17NO2S/c15-11(8-4-5-17-7-8)6-14-13(16)12-9-2-1-3-10(9)12/h4-5,7,9-12,15H,1-3,6H2,(H,14,16). The van der Waals surface area contributed by atoms with Gasteiger partial charge >= 0.3 is 0 Å². The Kier molecular flexibility index (Phi) is 2.92. The summed E-state index contributed by atoms with van der Waals surface area (Å²) in [7, 11) is 0. The van der Waals surface area contributed by atoms with Crippen LogP contribution in [0.5, 0.6) is 0 Å². The molecule has 1 aromatic rings. The van der Waals surface area contributed by atoms with Gasteiger partial charge in [0.25, 0.3) is 0 Å². The molecule has 1 heterocycles. The lowest BCUT2D eigenvalue weighted by Crippen LogP contribution is -2.30. The smallest absolute Gasteiger partial charge is 0.223 e. The van der Waals surface area contributed by atoms with Crippen LogP contribution in [0.4, 0.5) is 0 Å². The van der Waals surface area contributed by atoms with Crippen LogP contribution in [0.3, 0.4) is 0 Å². The highest BCUT2D eigenvalue weighted by atomic mass is 32.1. The summed E-state index contributed by atoms with van der Waals surface area (Å²) in [6.07, 6.45) is 3.16. The summed E-state index contributed by atoms with van der Waals surface area (Å²) in [5, 5.41) is 16.6. The third-order valence-electron chi connectivity index (χ3n) is 4.11. The Morgan fingerprint density at radius 3 is 2.94 bits per heavy atom. The van der Waals surface area contributed by atoms with Crippen LogP contribution in [-0.4, -0.2) is 17.6 Å². The van der Waals surface area contributed by atoms with E-state index in [2.05, 4.69) is 5.32 Å². The van der Waals surface area contributed by atoms with Crippen LogP contribution < -0.4 is 5.32 Å². The second-order valence-corrected chi connectivity index (χ2v) is 5.88. The van der Waals surface area contributed by atoms with Crippen molar-refractivity contribution in [3.05, 3.63) is 22.4 Å². The van der Waals surface area contributed by atoms with E-state index >= 15 is 0 Å². The quantitative estimate of drug-likeness (QED) is 0.859. The van der Waals surface area contributed by atoms with Gasteiger partial charge in [0.05, 0.1) is 6.10 Å². The molecule has 3 nitrogen and oxygen atoms in total. The van der Waals surface area contributed by atoms with Crippen LogP contribution in [-0.2, 0) is 4.79 Å². The van der Waals surface area contributed by atoms with Crippen molar-refractivity contribution in [2.75, 3.05) is 6.54 Å². The predicted octanol–water partition coefficient (Wildman–Crippen LogP) is 1.94. The minimum Gasteiger partial charge on any atom is -0.387 e. The van der Waals surface area contributed by atoms with E-state index in [1.807, 2.05) is 16.8 Å². The molecule has 1 aromatic heterocycles. The molecule has 3 unspecified atom stereocenters. The average Bonchev–Trinajstić information content (AvgIpc) is 2.83. The van der Waals surface area contributed by atoms with Crippen molar-refractivity contribution < 1.29 is 9.90 Å². The molecular formula is C13H17NO2S. The minimum atomic E-state index is -0.566. The molecule has 0 saturated heterocycles. The van der Waals surface area contributed by atoms with Crippen LogP contribution in [0.2, 0.25) is 0 Å². The van der Waals surface area contributed by atoms with Crippen molar-refractivity contribution in [1.82, 2.24) is 5.32 Å². The molecule has 2 aliphatic carbocycles. The minimum absolute atomic E-state index is 0.147. The Bertz CT molecular complexity index is 394. The third kappa shape index (κ3) is 2.11. The SMILES string of the molecule is O=C(NCC(O)c1ccsc1)C1C2CCCC21. The number of fused-ring (bicyclic) bond motifs is 1. The molecule has 0 radical (unpaired) electrons. The summed E-state index contributed by atoms with van der Waals surface area (Å²) < 4.78 is 0. The van der Waals surface area contributed by atoms with Crippen molar-refractivity contribution in [3.8, 4) is 0 Å². The fourth-order valence-electron chi connectivity index (χ4n) is 3.11. The molecule has 3 atom stereocenters. The van der Waals surface area contributed by atoms with E-state index in [1.165, 1.54) is 19.3 Å². The van der Waals surface area contributed by atoms with Gasteiger partial charge in [-0.3, -0.25) is 4.79 Å². The number of nitrogens with one attached hydrogen (secondary N) is 1. The van der Waals surface area contributed by atoms with E-state index in [0.717, 1.165) is 5.56 Å². The molecular weight excluding hydrogens is 234 g/mol. The Hall–Kier alpha value is -0.870. The fraction of sp³-hybridized carbons (Fsp3) is 0.615. The highest BCUT2D eigenvalue weighted by molar-refractivity contribution is 7.07. The largest absolute Gasteiger partial charge is 0.387 e. The number of carbonyl (C=O) groups excluding carboxylic acids is 1. The number of carbonyl (C=O) groups is 1. The number of hydrogen-bond donors (Lipinski definition) is 2. The third-order valence-corrected chi connectivity index (χ3v) is 4.81. The van der Waals surface area contributed by atoms with Crippen molar-refractivity contribution in [2.24, 2.45) is 17.8 Å². The number of rotatable bonds is 4. The lowest BCUT2D eigenvalue weighted by Gasteiger charge is -2.11. The number of hydrogen-bond acceptors (Lipinski definition) is 3. The van der Waals surface area contributed by atoms with Crippen LogP contribution in [0.15, 0.2) is 16.8 Å². The number of aliphatic hydroxyl groups is 1. The normalized spacial score (nSPS) is 31.9. The second-order valence-electron chi connectivity index (χ2n) is 5.10. The first-order valence-electron chi connectivity index (χ1n) is 6.25. The summed E-state index contributed by atoms with van der Waals surface area (Å²) in [6, 6.07) is 1.90. The van der Waals surface area contributed by atoms with E-state index < -0.39 is 6.10 Å². The molecule has 92 valence electrons. The van der Waals surface area contributed by atoms with Crippen molar-refractivity contribution in [2.45, 2.75) is 25.4 Å². The van der Waals surface area contributed by atoms with Gasteiger partial charge in [0, 0.05) is 12.5 Å². The molecule has 4 heteroatoms. The summed E-state index contributed by atoms with van der Waals surface area (Å²) in [4.78, 5) is 11.9. The first kappa shape index (κ1) is 11.2. The molecule has 2 saturated carbocycles. The highest BCUT2D eigenvalue weighted by Crippen LogP contribution is 2.57. The van der Waals surface area contributed by atoms with Crippen LogP contribution in [0, 0.1) is 17.8 Å². The van der Waals surface area contributed by atoms with E-state index in [1.54, 1.807) is 11.3 Å². The molecule has 2 N–H and O–H groups in total. The fourth-order valence-corrected chi connectivity index (χ4v) is 3.82. The van der Waals surface area contributed by atoms with E-state index in [-0.39, 0.29) is 11.8 Å². The Balaban J connectivity index is 1.47. The molecule has 2 aliphatic rings. The van der Waals surface area contributed by atoms with Gasteiger partial charge in [0.2, 0.25) is 5.91 Å². The molecule has 0 spiro atoms. The topological polar surface area (TPSA) is 49.3 Å². The summed E-state index contributed by atoms with van der Waals surface area (Å²) in [5.74, 6) is 1.69. The number of thiophene rings is 1. The second kappa shape index (κ2) is 4.42. The average molecular weight is 251 g/mol. The Morgan fingerprint density at radius 2 is 2.29 bits per heavy atom. The number of amides is 1.